The van der Waals surface area contributed by atoms with Crippen LogP contribution < -0.4 is 5.73 Å². The lowest BCUT2D eigenvalue weighted by atomic mass is 10.1. The third kappa shape index (κ3) is 1.09. The third-order valence-corrected chi connectivity index (χ3v) is 2.41. The maximum absolute atomic E-state index is 5.86. The van der Waals surface area contributed by atoms with Gasteiger partial charge in [0.15, 0.2) is 0 Å². The van der Waals surface area contributed by atoms with Crippen LogP contribution in [0.2, 0.25) is 0 Å². The Morgan fingerprint density at radius 2 is 2.10 bits per heavy atom. The van der Waals surface area contributed by atoms with E-state index in [1.807, 2.05) is 0 Å². The van der Waals surface area contributed by atoms with Gasteiger partial charge in [0, 0.05) is 0 Å². The second kappa shape index (κ2) is 2.36. The first-order valence-corrected chi connectivity index (χ1v) is 3.86. The van der Waals surface area contributed by atoms with Crippen molar-refractivity contribution in [2.45, 2.75) is 25.4 Å². The van der Waals surface area contributed by atoms with E-state index in [9.17, 15) is 0 Å². The van der Waals surface area contributed by atoms with E-state index in [2.05, 4.69) is 33.3 Å². The van der Waals surface area contributed by atoms with Crippen molar-refractivity contribution in [2.75, 3.05) is 14.1 Å². The summed E-state index contributed by atoms with van der Waals surface area (Å²) in [7, 11) is 4.38. The zero-order valence-electron chi connectivity index (χ0n) is 7.04. The molecule has 10 heavy (non-hydrogen) atoms. The van der Waals surface area contributed by atoms with E-state index in [-0.39, 0.29) is 6.04 Å². The molecule has 0 aromatic carbocycles. The monoisotopic (exact) mass is 141 g/mol. The molecule has 1 heterocycles. The molecule has 1 aliphatic heterocycles. The smallest absolute Gasteiger partial charge is 0.112 e. The standard InChI is InChI=1S/C8H17N2/c1-4-8-7(9)5-6-10(8,2)3/h5-8H,4,9H2,1-3H3/q+1. The van der Waals surface area contributed by atoms with Crippen LogP contribution in [-0.4, -0.2) is 30.7 Å². The molecular formula is C8H17N2+. The molecule has 0 aromatic rings. The Kier molecular flexibility index (Phi) is 1.84. The number of nitrogens with zero attached hydrogens (tertiary/aromatic N) is 1. The lowest BCUT2D eigenvalue weighted by molar-refractivity contribution is -0.860. The van der Waals surface area contributed by atoms with Crippen molar-refractivity contribution in [1.82, 2.24) is 0 Å². The van der Waals surface area contributed by atoms with Crippen LogP contribution in [0, 0.1) is 0 Å². The van der Waals surface area contributed by atoms with Crippen molar-refractivity contribution in [3.63, 3.8) is 0 Å². The number of likely N-dealkylation sites (N-methyl/N-ethyl adjacent to an activating group) is 1. The Labute approximate surface area is 62.9 Å². The molecule has 0 spiro atoms. The van der Waals surface area contributed by atoms with Crippen molar-refractivity contribution < 1.29 is 4.48 Å². The summed E-state index contributed by atoms with van der Waals surface area (Å²) in [4.78, 5) is 0. The summed E-state index contributed by atoms with van der Waals surface area (Å²) in [5.41, 5.74) is 5.86. The molecule has 0 aromatic heterocycles. The van der Waals surface area contributed by atoms with Crippen molar-refractivity contribution in [3.8, 4) is 0 Å². The molecule has 0 bridgehead atoms. The number of rotatable bonds is 1. The Hall–Kier alpha value is -0.340. The third-order valence-electron chi connectivity index (χ3n) is 2.41. The zero-order valence-corrected chi connectivity index (χ0v) is 7.04. The molecule has 2 heteroatoms. The van der Waals surface area contributed by atoms with Gasteiger partial charge in [-0.1, -0.05) is 6.92 Å². The van der Waals surface area contributed by atoms with Gasteiger partial charge in [0.2, 0.25) is 0 Å². The average Bonchev–Trinajstić information content (AvgIpc) is 2.07. The van der Waals surface area contributed by atoms with E-state index in [0.717, 1.165) is 10.9 Å². The highest BCUT2D eigenvalue weighted by Crippen LogP contribution is 2.21. The summed E-state index contributed by atoms with van der Waals surface area (Å²) in [6.07, 6.45) is 5.44. The molecular weight excluding hydrogens is 124 g/mol. The van der Waals surface area contributed by atoms with Gasteiger partial charge >= 0.3 is 0 Å². The molecule has 1 rings (SSSR count). The summed E-state index contributed by atoms with van der Waals surface area (Å²) >= 11 is 0. The maximum atomic E-state index is 5.86. The predicted molar refractivity (Wildman–Crippen MR) is 43.3 cm³/mol. The van der Waals surface area contributed by atoms with Gasteiger partial charge < -0.3 is 5.73 Å². The van der Waals surface area contributed by atoms with E-state index in [1.54, 1.807) is 0 Å². The molecule has 2 atom stereocenters. The normalized spacial score (nSPS) is 36.8. The van der Waals surface area contributed by atoms with Crippen LogP contribution in [0.4, 0.5) is 0 Å². The van der Waals surface area contributed by atoms with Crippen molar-refractivity contribution in [1.29, 1.82) is 0 Å². The predicted octanol–water partition coefficient (Wildman–Crippen LogP) is 0.696. The molecule has 0 fully saturated rings. The van der Waals surface area contributed by atoms with Crippen LogP contribution in [0.5, 0.6) is 0 Å². The van der Waals surface area contributed by atoms with Crippen LogP contribution in [0.15, 0.2) is 12.3 Å². The SMILES string of the molecule is CCC1C(N)C=C[N+]1(C)C. The van der Waals surface area contributed by atoms with Gasteiger partial charge in [0.25, 0.3) is 0 Å². The molecule has 0 saturated carbocycles. The fourth-order valence-corrected chi connectivity index (χ4v) is 1.75. The van der Waals surface area contributed by atoms with Crippen LogP contribution in [0.1, 0.15) is 13.3 Å². The molecule has 0 aliphatic carbocycles. The minimum absolute atomic E-state index is 0.264. The van der Waals surface area contributed by atoms with Gasteiger partial charge in [0.1, 0.15) is 6.04 Å². The highest BCUT2D eigenvalue weighted by molar-refractivity contribution is 4.98. The van der Waals surface area contributed by atoms with Crippen LogP contribution in [0.3, 0.4) is 0 Å². The topological polar surface area (TPSA) is 26.0 Å². The summed E-state index contributed by atoms with van der Waals surface area (Å²) in [5.74, 6) is 0. The van der Waals surface area contributed by atoms with Gasteiger partial charge in [-0.25, -0.2) is 0 Å². The van der Waals surface area contributed by atoms with Gasteiger partial charge in [-0.15, -0.1) is 0 Å². The average molecular weight is 141 g/mol. The Morgan fingerprint density at radius 3 is 2.30 bits per heavy atom. The fraction of sp³-hybridized carbons (Fsp3) is 0.750. The first-order valence-electron chi connectivity index (χ1n) is 3.86. The number of nitrogens with two attached hydrogens (primary N) is 1. The van der Waals surface area contributed by atoms with Crippen molar-refractivity contribution in [3.05, 3.63) is 12.3 Å². The highest BCUT2D eigenvalue weighted by atomic mass is 15.3. The summed E-state index contributed by atoms with van der Waals surface area (Å²) in [6, 6.07) is 0.847. The number of hydrogen-bond acceptors (Lipinski definition) is 1. The van der Waals surface area contributed by atoms with Gasteiger partial charge in [-0.2, -0.15) is 0 Å². The lowest BCUT2D eigenvalue weighted by Crippen LogP contribution is -2.48. The summed E-state index contributed by atoms with van der Waals surface area (Å²) in [6.45, 7) is 2.19. The van der Waals surface area contributed by atoms with Crippen LogP contribution >= 0.6 is 0 Å². The molecule has 0 radical (unpaired) electrons. The quantitative estimate of drug-likeness (QED) is 0.534. The minimum Gasteiger partial charge on any atom is -0.319 e. The van der Waals surface area contributed by atoms with E-state index in [1.165, 1.54) is 0 Å². The van der Waals surface area contributed by atoms with E-state index in [4.69, 9.17) is 5.73 Å². The molecule has 2 unspecified atom stereocenters. The molecule has 0 saturated heterocycles. The van der Waals surface area contributed by atoms with Gasteiger partial charge in [-0.3, -0.25) is 4.48 Å². The van der Waals surface area contributed by atoms with Crippen molar-refractivity contribution >= 4 is 0 Å². The van der Waals surface area contributed by atoms with Gasteiger partial charge in [0.05, 0.1) is 26.3 Å². The molecule has 2 N–H and O–H groups in total. The Morgan fingerprint density at radius 1 is 1.50 bits per heavy atom. The largest absolute Gasteiger partial charge is 0.319 e. The van der Waals surface area contributed by atoms with Crippen molar-refractivity contribution in [2.24, 2.45) is 5.73 Å². The summed E-state index contributed by atoms with van der Waals surface area (Å²) in [5, 5.41) is 0. The fourth-order valence-electron chi connectivity index (χ4n) is 1.75. The molecule has 1 aliphatic rings. The Balaban J connectivity index is 2.72. The maximum Gasteiger partial charge on any atom is 0.112 e. The second-order valence-corrected chi connectivity index (χ2v) is 3.52. The molecule has 0 amide bonds. The van der Waals surface area contributed by atoms with Gasteiger partial charge in [-0.05, 0) is 12.5 Å². The molecule has 2 nitrogen and oxygen atoms in total. The zero-order chi connectivity index (χ0) is 7.78. The molecule has 58 valence electrons. The number of hydrogen-bond donors (Lipinski definition) is 1. The highest BCUT2D eigenvalue weighted by Gasteiger charge is 2.34. The second-order valence-electron chi connectivity index (χ2n) is 3.52. The first-order chi connectivity index (χ1) is 4.58. The number of quaternary nitrogens is 1. The van der Waals surface area contributed by atoms with Crippen LogP contribution in [0.25, 0.3) is 0 Å². The van der Waals surface area contributed by atoms with E-state index in [0.29, 0.717) is 6.04 Å². The lowest BCUT2D eigenvalue weighted by Gasteiger charge is -2.30. The minimum atomic E-state index is 0.264. The van der Waals surface area contributed by atoms with E-state index < -0.39 is 0 Å². The van der Waals surface area contributed by atoms with E-state index >= 15 is 0 Å². The van der Waals surface area contributed by atoms with Crippen LogP contribution in [-0.2, 0) is 0 Å². The summed E-state index contributed by atoms with van der Waals surface area (Å²) < 4.78 is 0.942. The first kappa shape index (κ1) is 7.76. The Bertz CT molecular complexity index is 149.